The molecule has 0 saturated heterocycles. The zero-order chi connectivity index (χ0) is 25.8. The van der Waals surface area contributed by atoms with Gasteiger partial charge in [0.05, 0.1) is 31.7 Å². The molecule has 0 bridgehead atoms. The summed E-state index contributed by atoms with van der Waals surface area (Å²) in [6, 6.07) is 9.36. The lowest BCUT2D eigenvalue weighted by Crippen LogP contribution is -2.34. The van der Waals surface area contributed by atoms with Crippen LogP contribution in [-0.4, -0.2) is 72.6 Å². The van der Waals surface area contributed by atoms with Gasteiger partial charge in [-0.2, -0.15) is 0 Å². The quantitative estimate of drug-likeness (QED) is 0.494. The van der Waals surface area contributed by atoms with Gasteiger partial charge in [0.2, 0.25) is 11.8 Å². The van der Waals surface area contributed by atoms with Crippen molar-refractivity contribution in [3.8, 4) is 11.5 Å². The number of hydrogen-bond acceptors (Lipinski definition) is 6. The van der Waals surface area contributed by atoms with Crippen LogP contribution in [0.15, 0.2) is 36.5 Å². The Bertz CT molecular complexity index is 1310. The van der Waals surface area contributed by atoms with E-state index in [9.17, 15) is 9.59 Å². The van der Waals surface area contributed by atoms with E-state index in [2.05, 4.69) is 33.9 Å². The lowest BCUT2D eigenvalue weighted by atomic mass is 10.0. The summed E-state index contributed by atoms with van der Waals surface area (Å²) in [6.07, 6.45) is 4.64. The Balaban J connectivity index is 1.43. The van der Waals surface area contributed by atoms with E-state index in [1.54, 1.807) is 26.5 Å². The summed E-state index contributed by atoms with van der Waals surface area (Å²) in [5, 5.41) is 2.90. The van der Waals surface area contributed by atoms with E-state index in [1.807, 2.05) is 37.3 Å². The fourth-order valence-corrected chi connectivity index (χ4v) is 4.41. The molecule has 0 saturated carbocycles. The zero-order valence-corrected chi connectivity index (χ0v) is 21.5. The normalized spacial score (nSPS) is 13.2. The number of aromatic nitrogens is 2. The van der Waals surface area contributed by atoms with Crippen molar-refractivity contribution in [2.75, 3.05) is 46.7 Å². The Morgan fingerprint density at radius 1 is 1.14 bits per heavy atom. The summed E-state index contributed by atoms with van der Waals surface area (Å²) < 4.78 is 12.9. The number of carbonyl (C=O) groups is 2. The van der Waals surface area contributed by atoms with Crippen LogP contribution in [0.25, 0.3) is 17.1 Å². The summed E-state index contributed by atoms with van der Waals surface area (Å²) >= 11 is 0. The molecular formula is C27H33N5O4. The predicted octanol–water partition coefficient (Wildman–Crippen LogP) is 3.31. The maximum absolute atomic E-state index is 12.9. The number of imidazole rings is 1. The Kier molecular flexibility index (Phi) is 7.59. The highest BCUT2D eigenvalue weighted by molar-refractivity contribution is 5.97. The van der Waals surface area contributed by atoms with Gasteiger partial charge < -0.3 is 29.2 Å². The molecule has 1 aromatic heterocycles. The van der Waals surface area contributed by atoms with Gasteiger partial charge in [-0.05, 0) is 81.5 Å². The Labute approximate surface area is 211 Å². The molecule has 4 rings (SSSR count). The Hall–Kier alpha value is -3.85. The highest BCUT2D eigenvalue weighted by atomic mass is 16.5. The van der Waals surface area contributed by atoms with Crippen LogP contribution < -0.4 is 14.8 Å². The minimum atomic E-state index is -0.282. The molecule has 0 unspecified atom stereocenters. The van der Waals surface area contributed by atoms with Gasteiger partial charge in [-0.1, -0.05) is 0 Å². The fraction of sp³-hybridized carbons (Fsp3) is 0.370. The van der Waals surface area contributed by atoms with Crippen LogP contribution in [0.4, 0.5) is 5.69 Å². The number of nitrogens with one attached hydrogen (secondary N) is 1. The van der Waals surface area contributed by atoms with Gasteiger partial charge in [0.15, 0.2) is 11.5 Å². The van der Waals surface area contributed by atoms with Crippen LogP contribution in [0.1, 0.15) is 23.4 Å². The van der Waals surface area contributed by atoms with E-state index in [4.69, 9.17) is 9.47 Å². The van der Waals surface area contributed by atoms with Crippen molar-refractivity contribution in [2.45, 2.75) is 26.3 Å². The van der Waals surface area contributed by atoms with Crippen LogP contribution in [-0.2, 0) is 22.6 Å². The van der Waals surface area contributed by atoms with Crippen LogP contribution in [0.2, 0.25) is 0 Å². The minimum Gasteiger partial charge on any atom is -0.493 e. The van der Waals surface area contributed by atoms with Gasteiger partial charge in [0, 0.05) is 18.4 Å². The highest BCUT2D eigenvalue weighted by Gasteiger charge is 2.21. The number of amides is 2. The molecule has 9 nitrogen and oxygen atoms in total. The maximum atomic E-state index is 12.9. The summed E-state index contributed by atoms with van der Waals surface area (Å²) in [6.45, 7) is 3.79. The number of hydrogen-bond donors (Lipinski definition) is 1. The summed E-state index contributed by atoms with van der Waals surface area (Å²) in [5.41, 5.74) is 4.19. The van der Waals surface area contributed by atoms with Crippen LogP contribution >= 0.6 is 0 Å². The molecule has 0 aliphatic carbocycles. The maximum Gasteiger partial charge on any atom is 0.244 e. The van der Waals surface area contributed by atoms with Crippen molar-refractivity contribution in [1.29, 1.82) is 0 Å². The molecule has 2 heterocycles. The van der Waals surface area contributed by atoms with E-state index < -0.39 is 0 Å². The number of carbonyl (C=O) groups excluding carboxylic acids is 2. The molecule has 190 valence electrons. The minimum absolute atomic E-state index is 0.0897. The smallest absolute Gasteiger partial charge is 0.244 e. The lowest BCUT2D eigenvalue weighted by molar-refractivity contribution is -0.131. The lowest BCUT2D eigenvalue weighted by Gasteiger charge is -2.17. The molecule has 2 aromatic carbocycles. The van der Waals surface area contributed by atoms with E-state index in [0.29, 0.717) is 17.2 Å². The fourth-order valence-electron chi connectivity index (χ4n) is 4.41. The van der Waals surface area contributed by atoms with E-state index in [-0.39, 0.29) is 24.8 Å². The Morgan fingerprint density at radius 2 is 1.89 bits per heavy atom. The highest BCUT2D eigenvalue weighted by Crippen LogP contribution is 2.32. The molecule has 2 amide bonds. The molecule has 3 aromatic rings. The van der Waals surface area contributed by atoms with Gasteiger partial charge in [-0.25, -0.2) is 4.98 Å². The summed E-state index contributed by atoms with van der Waals surface area (Å²) in [4.78, 5) is 34.0. The molecule has 0 fully saturated rings. The van der Waals surface area contributed by atoms with E-state index >= 15 is 0 Å². The van der Waals surface area contributed by atoms with Gasteiger partial charge in [0.1, 0.15) is 12.4 Å². The SMILES string of the molecule is COc1cc2c(cc1OC)CC(=O)N(CC(=O)Nc1ccc3c(c1)nc(C)n3CCCN(C)C)C=C2. The number of fused-ring (bicyclic) bond motifs is 2. The third-order valence-corrected chi connectivity index (χ3v) is 6.27. The zero-order valence-electron chi connectivity index (χ0n) is 21.5. The van der Waals surface area contributed by atoms with Crippen molar-refractivity contribution in [3.05, 3.63) is 53.5 Å². The molecule has 0 atom stereocenters. The molecule has 1 N–H and O–H groups in total. The second-order valence-electron chi connectivity index (χ2n) is 9.14. The molecule has 0 spiro atoms. The van der Waals surface area contributed by atoms with Crippen molar-refractivity contribution in [1.82, 2.24) is 19.4 Å². The van der Waals surface area contributed by atoms with E-state index in [1.165, 1.54) is 4.90 Å². The predicted molar refractivity (Wildman–Crippen MR) is 140 cm³/mol. The third kappa shape index (κ3) is 5.52. The average Bonchev–Trinajstić information content (AvgIpc) is 3.06. The van der Waals surface area contributed by atoms with Gasteiger partial charge in [-0.15, -0.1) is 0 Å². The summed E-state index contributed by atoms with van der Waals surface area (Å²) in [7, 11) is 7.26. The van der Waals surface area contributed by atoms with Gasteiger partial charge >= 0.3 is 0 Å². The first-order chi connectivity index (χ1) is 17.3. The second kappa shape index (κ2) is 10.8. The molecular weight excluding hydrogens is 458 g/mol. The monoisotopic (exact) mass is 491 g/mol. The third-order valence-electron chi connectivity index (χ3n) is 6.27. The van der Waals surface area contributed by atoms with Crippen molar-refractivity contribution < 1.29 is 19.1 Å². The van der Waals surface area contributed by atoms with E-state index in [0.717, 1.165) is 47.5 Å². The number of methoxy groups -OCH3 is 2. The number of ether oxygens (including phenoxy) is 2. The number of anilines is 1. The number of rotatable bonds is 9. The largest absolute Gasteiger partial charge is 0.493 e. The molecule has 9 heteroatoms. The van der Waals surface area contributed by atoms with Crippen molar-refractivity contribution in [2.24, 2.45) is 0 Å². The first-order valence-electron chi connectivity index (χ1n) is 11.9. The van der Waals surface area contributed by atoms with Crippen molar-refractivity contribution in [3.63, 3.8) is 0 Å². The van der Waals surface area contributed by atoms with Crippen LogP contribution in [0.3, 0.4) is 0 Å². The second-order valence-corrected chi connectivity index (χ2v) is 9.14. The average molecular weight is 492 g/mol. The van der Waals surface area contributed by atoms with Crippen LogP contribution in [0.5, 0.6) is 11.5 Å². The number of nitrogens with zero attached hydrogens (tertiary/aromatic N) is 4. The topological polar surface area (TPSA) is 88.9 Å². The standard InChI is InChI=1S/C27H33N5O4/c1-18-28-22-16-21(7-8-23(22)32(18)11-6-10-30(2)3)29-26(33)17-31-12-9-19-13-24(35-4)25(36-5)14-20(19)15-27(31)34/h7-9,12-14,16H,6,10-11,15,17H2,1-5H3,(H,29,33). The Morgan fingerprint density at radius 3 is 2.61 bits per heavy atom. The van der Waals surface area contributed by atoms with Gasteiger partial charge in [0.25, 0.3) is 0 Å². The molecule has 1 aliphatic heterocycles. The van der Waals surface area contributed by atoms with Gasteiger partial charge in [-0.3, -0.25) is 9.59 Å². The number of benzene rings is 2. The first-order valence-corrected chi connectivity index (χ1v) is 11.9. The molecule has 0 radical (unpaired) electrons. The first kappa shape index (κ1) is 25.2. The van der Waals surface area contributed by atoms with Crippen LogP contribution in [0, 0.1) is 6.92 Å². The van der Waals surface area contributed by atoms with Crippen molar-refractivity contribution >= 4 is 34.6 Å². The molecule has 1 aliphatic rings. The summed E-state index contributed by atoms with van der Waals surface area (Å²) in [5.74, 6) is 1.64. The molecule has 36 heavy (non-hydrogen) atoms. The number of aryl methyl sites for hydroxylation is 2.